The van der Waals surface area contributed by atoms with Gasteiger partial charge in [0.25, 0.3) is 0 Å². The van der Waals surface area contributed by atoms with Gasteiger partial charge in [0.05, 0.1) is 25.4 Å². The standard InChI is InChI=1S/C31H37F4N7O2/c1-39-14-16-40(17-15-39)24-9-12-41(13-10-24)27-8-7-23(19-28(27)43-2)37-30-36-20-25(31(33,34)35)29(38-30)42-26(11-18-44-42)21-3-5-22(32)6-4-21/h3-8,19-20,24,26H,9-18H2,1-2H3,(H,36,37,38). The topological polar surface area (TPSA) is 69.2 Å². The lowest BCUT2D eigenvalue weighted by Crippen LogP contribution is -2.52. The average molecular weight is 616 g/mol. The molecular formula is C31H37F4N7O2. The number of hydrogen-bond acceptors (Lipinski definition) is 9. The molecule has 9 nitrogen and oxygen atoms in total. The predicted molar refractivity (Wildman–Crippen MR) is 160 cm³/mol. The summed E-state index contributed by atoms with van der Waals surface area (Å²) in [6, 6.07) is 11.2. The number of nitrogens with one attached hydrogen (secondary N) is 1. The number of anilines is 4. The number of halogens is 4. The highest BCUT2D eigenvalue weighted by molar-refractivity contribution is 5.68. The smallest absolute Gasteiger partial charge is 0.421 e. The Labute approximate surface area is 254 Å². The molecule has 0 saturated carbocycles. The largest absolute Gasteiger partial charge is 0.495 e. The van der Waals surface area contributed by atoms with Gasteiger partial charge < -0.3 is 19.9 Å². The van der Waals surface area contributed by atoms with Gasteiger partial charge in [0.2, 0.25) is 5.95 Å². The van der Waals surface area contributed by atoms with Crippen LogP contribution in [0.4, 0.5) is 40.7 Å². The summed E-state index contributed by atoms with van der Waals surface area (Å²) in [4.78, 5) is 21.2. The number of rotatable bonds is 7. The van der Waals surface area contributed by atoms with E-state index in [2.05, 4.69) is 37.0 Å². The lowest BCUT2D eigenvalue weighted by atomic mass is 10.0. The van der Waals surface area contributed by atoms with Crippen LogP contribution in [0.15, 0.2) is 48.7 Å². The molecule has 3 fully saturated rings. The zero-order valence-corrected chi connectivity index (χ0v) is 24.9. The Hall–Kier alpha value is -3.68. The molecule has 0 aliphatic carbocycles. The van der Waals surface area contributed by atoms with Gasteiger partial charge in [-0.05, 0) is 49.7 Å². The molecule has 2 aromatic carbocycles. The highest BCUT2D eigenvalue weighted by atomic mass is 19.4. The quantitative estimate of drug-likeness (QED) is 0.348. The number of hydrogen-bond donors (Lipinski definition) is 1. The van der Waals surface area contributed by atoms with Crippen LogP contribution in [-0.2, 0) is 11.0 Å². The summed E-state index contributed by atoms with van der Waals surface area (Å²) in [7, 11) is 3.77. The Morgan fingerprint density at radius 2 is 1.68 bits per heavy atom. The second kappa shape index (κ2) is 12.7. The number of likely N-dealkylation sites (N-methyl/N-ethyl adjacent to an activating group) is 1. The molecule has 1 N–H and O–H groups in total. The number of piperazine rings is 1. The second-order valence-corrected chi connectivity index (χ2v) is 11.5. The van der Waals surface area contributed by atoms with Crippen molar-refractivity contribution in [1.82, 2.24) is 19.8 Å². The number of piperidine rings is 1. The van der Waals surface area contributed by atoms with Crippen LogP contribution in [-0.4, -0.2) is 85.8 Å². The van der Waals surface area contributed by atoms with E-state index in [0.717, 1.165) is 69.1 Å². The molecule has 44 heavy (non-hydrogen) atoms. The normalized spacial score (nSPS) is 20.7. The van der Waals surface area contributed by atoms with E-state index >= 15 is 0 Å². The van der Waals surface area contributed by atoms with Crippen LogP contribution in [0.3, 0.4) is 0 Å². The van der Waals surface area contributed by atoms with E-state index in [1.165, 1.54) is 24.3 Å². The Balaban J connectivity index is 1.19. The van der Waals surface area contributed by atoms with Crippen LogP contribution in [0.1, 0.15) is 36.4 Å². The van der Waals surface area contributed by atoms with Crippen molar-refractivity contribution in [2.24, 2.45) is 0 Å². The van der Waals surface area contributed by atoms with Gasteiger partial charge in [-0.15, -0.1) is 0 Å². The van der Waals surface area contributed by atoms with Crippen LogP contribution in [0.2, 0.25) is 0 Å². The lowest BCUT2D eigenvalue weighted by molar-refractivity contribution is -0.138. The first-order chi connectivity index (χ1) is 21.2. The molecule has 6 rings (SSSR count). The molecule has 13 heteroatoms. The van der Waals surface area contributed by atoms with Crippen LogP contribution >= 0.6 is 0 Å². The van der Waals surface area contributed by atoms with E-state index < -0.39 is 29.4 Å². The molecule has 0 bridgehead atoms. The fraction of sp³-hybridized carbons (Fsp3) is 0.484. The van der Waals surface area contributed by atoms with Crippen molar-refractivity contribution < 1.29 is 27.1 Å². The van der Waals surface area contributed by atoms with Crippen molar-refractivity contribution in [1.29, 1.82) is 0 Å². The van der Waals surface area contributed by atoms with Gasteiger partial charge in [-0.3, -0.25) is 9.74 Å². The van der Waals surface area contributed by atoms with Crippen molar-refractivity contribution in [3.63, 3.8) is 0 Å². The van der Waals surface area contributed by atoms with Crippen LogP contribution < -0.4 is 20.0 Å². The maximum absolute atomic E-state index is 14.1. The lowest BCUT2D eigenvalue weighted by Gasteiger charge is -2.42. The molecule has 3 aromatic rings. The Bertz CT molecular complexity index is 1430. The average Bonchev–Trinajstić information content (AvgIpc) is 3.51. The van der Waals surface area contributed by atoms with Gasteiger partial charge in [-0.1, -0.05) is 12.1 Å². The van der Waals surface area contributed by atoms with E-state index in [1.54, 1.807) is 13.2 Å². The number of alkyl halides is 3. The number of aromatic nitrogens is 2. The Morgan fingerprint density at radius 1 is 0.955 bits per heavy atom. The molecule has 0 amide bonds. The molecule has 1 aromatic heterocycles. The van der Waals surface area contributed by atoms with Gasteiger partial charge in [0.15, 0.2) is 5.82 Å². The fourth-order valence-electron chi connectivity index (χ4n) is 6.27. The minimum absolute atomic E-state index is 0.0239. The first-order valence-electron chi connectivity index (χ1n) is 14.9. The SMILES string of the molecule is COc1cc(Nc2ncc(C(F)(F)F)c(N3OCCC3c3ccc(F)cc3)n2)ccc1N1CCC(N2CCN(C)CC2)CC1. The number of ether oxygens (including phenoxy) is 1. The molecule has 0 spiro atoms. The first-order valence-corrected chi connectivity index (χ1v) is 14.9. The van der Waals surface area contributed by atoms with E-state index in [9.17, 15) is 17.6 Å². The van der Waals surface area contributed by atoms with Crippen molar-refractivity contribution in [2.75, 3.05) is 75.3 Å². The minimum Gasteiger partial charge on any atom is -0.495 e. The predicted octanol–water partition coefficient (Wildman–Crippen LogP) is 5.49. The summed E-state index contributed by atoms with van der Waals surface area (Å²) in [5.74, 6) is -0.211. The van der Waals surface area contributed by atoms with Gasteiger partial charge >= 0.3 is 6.18 Å². The third-order valence-corrected chi connectivity index (χ3v) is 8.74. The van der Waals surface area contributed by atoms with E-state index in [1.807, 2.05) is 12.1 Å². The number of benzene rings is 2. The van der Waals surface area contributed by atoms with Crippen LogP contribution in [0, 0.1) is 5.82 Å². The van der Waals surface area contributed by atoms with Crippen LogP contribution in [0.5, 0.6) is 5.75 Å². The van der Waals surface area contributed by atoms with Gasteiger partial charge in [0, 0.05) is 69.7 Å². The summed E-state index contributed by atoms with van der Waals surface area (Å²) < 4.78 is 61.4. The van der Waals surface area contributed by atoms with Gasteiger partial charge in [-0.25, -0.2) is 14.4 Å². The molecule has 0 radical (unpaired) electrons. The Morgan fingerprint density at radius 3 is 2.36 bits per heavy atom. The third-order valence-electron chi connectivity index (χ3n) is 8.74. The minimum atomic E-state index is -4.71. The van der Waals surface area contributed by atoms with Crippen LogP contribution in [0.25, 0.3) is 0 Å². The summed E-state index contributed by atoms with van der Waals surface area (Å²) >= 11 is 0. The highest BCUT2D eigenvalue weighted by Crippen LogP contribution is 2.42. The van der Waals surface area contributed by atoms with E-state index in [4.69, 9.17) is 9.57 Å². The molecule has 1 atom stereocenters. The van der Waals surface area contributed by atoms with Gasteiger partial charge in [-0.2, -0.15) is 18.2 Å². The zero-order valence-electron chi connectivity index (χ0n) is 24.9. The molecule has 4 heterocycles. The molecule has 3 aliphatic heterocycles. The van der Waals surface area contributed by atoms with Crippen molar-refractivity contribution in [3.8, 4) is 5.75 Å². The summed E-state index contributed by atoms with van der Waals surface area (Å²) in [6.07, 6.45) is -1.39. The summed E-state index contributed by atoms with van der Waals surface area (Å²) in [5, 5.41) is 4.19. The van der Waals surface area contributed by atoms with Crippen molar-refractivity contribution in [2.45, 2.75) is 37.5 Å². The summed E-state index contributed by atoms with van der Waals surface area (Å²) in [5.41, 5.74) is 1.14. The molecule has 3 aliphatic rings. The maximum atomic E-state index is 14.1. The summed E-state index contributed by atoms with van der Waals surface area (Å²) in [6.45, 7) is 6.44. The van der Waals surface area contributed by atoms with Crippen molar-refractivity contribution in [3.05, 3.63) is 65.6 Å². The third kappa shape index (κ3) is 6.54. The van der Waals surface area contributed by atoms with E-state index in [0.29, 0.717) is 29.5 Å². The molecule has 1 unspecified atom stereocenters. The van der Waals surface area contributed by atoms with E-state index in [-0.39, 0.29) is 12.6 Å². The van der Waals surface area contributed by atoms with Crippen molar-refractivity contribution >= 4 is 23.1 Å². The highest BCUT2D eigenvalue weighted by Gasteiger charge is 2.40. The number of nitrogens with zero attached hydrogens (tertiary/aromatic N) is 6. The maximum Gasteiger partial charge on any atom is 0.421 e. The molecular weight excluding hydrogens is 578 g/mol. The Kier molecular flexibility index (Phi) is 8.79. The molecule has 236 valence electrons. The zero-order chi connectivity index (χ0) is 30.8. The number of methoxy groups -OCH3 is 1. The monoisotopic (exact) mass is 615 g/mol. The fourth-order valence-corrected chi connectivity index (χ4v) is 6.27. The molecule has 3 saturated heterocycles. The van der Waals surface area contributed by atoms with Gasteiger partial charge in [0.1, 0.15) is 17.1 Å². The first kappa shape index (κ1) is 30.4. The number of hydroxylamine groups is 1. The second-order valence-electron chi connectivity index (χ2n) is 11.5.